The molecule has 6 aromatic rings. The van der Waals surface area contributed by atoms with E-state index in [0.717, 1.165) is 60.5 Å². The molecule has 5 atom stereocenters. The Bertz CT molecular complexity index is 3040. The Labute approximate surface area is 434 Å². The third-order valence-electron chi connectivity index (χ3n) is 14.1. The van der Waals surface area contributed by atoms with Crippen LogP contribution in [0.3, 0.4) is 0 Å². The van der Waals surface area contributed by atoms with E-state index in [1.54, 1.807) is 27.6 Å². The van der Waals surface area contributed by atoms with Gasteiger partial charge in [0.2, 0.25) is 23.6 Å². The minimum Gasteiger partial charge on any atom is -0.490 e. The number of aromatic nitrogens is 4. The summed E-state index contributed by atoms with van der Waals surface area (Å²) in [7, 11) is 0. The molecule has 2 aliphatic heterocycles. The molecule has 0 spiro atoms. The summed E-state index contributed by atoms with van der Waals surface area (Å²) in [5.41, 5.74) is 8.79. The number of carbonyl (C=O) groups excluding carboxylic acids is 4. The number of nitrogens with one attached hydrogen (secondary N) is 3. The minimum absolute atomic E-state index is 0.0307. The number of ether oxygens (including phenoxy) is 1. The van der Waals surface area contributed by atoms with Gasteiger partial charge in [0.1, 0.15) is 40.8 Å². The van der Waals surface area contributed by atoms with Crippen molar-refractivity contribution >= 4 is 63.6 Å². The van der Waals surface area contributed by atoms with Crippen LogP contribution in [0.1, 0.15) is 122 Å². The minimum atomic E-state index is -0.864. The van der Waals surface area contributed by atoms with Crippen LogP contribution in [-0.2, 0) is 25.6 Å². The summed E-state index contributed by atoms with van der Waals surface area (Å²) in [5, 5.41) is 20.0. The van der Waals surface area contributed by atoms with Gasteiger partial charge < -0.3 is 25.6 Å². The van der Waals surface area contributed by atoms with Crippen LogP contribution in [0.25, 0.3) is 15.4 Å². The molecule has 3 aliphatic rings. The second-order valence-electron chi connectivity index (χ2n) is 20.7. The van der Waals surface area contributed by atoms with E-state index in [-0.39, 0.29) is 60.6 Å². The number of halogens is 1. The predicted octanol–water partition coefficient (Wildman–Crippen LogP) is 9.54. The second-order valence-corrected chi connectivity index (χ2v) is 23.2. The zero-order chi connectivity index (χ0) is 51.2. The summed E-state index contributed by atoms with van der Waals surface area (Å²) in [6, 6.07) is 20.7. The quantitative estimate of drug-likeness (QED) is 0.0968. The Morgan fingerprint density at radius 2 is 1.62 bits per heavy atom. The number of likely N-dealkylation sites (tertiary alicyclic amines) is 1. The molecule has 0 bridgehead atoms. The number of fused-ring (bicyclic) bond motifs is 3. The van der Waals surface area contributed by atoms with E-state index >= 15 is 0 Å². The Balaban J connectivity index is 0.787. The molecule has 1 aliphatic carbocycles. The number of hydrogen-bond donors (Lipinski definition) is 3. The lowest BCUT2D eigenvalue weighted by Crippen LogP contribution is -2.58. The number of rotatable bonds is 14. The van der Waals surface area contributed by atoms with E-state index in [1.807, 2.05) is 131 Å². The monoisotopic (exact) mass is 1030 g/mol. The molecular weight excluding hydrogens is 966 g/mol. The van der Waals surface area contributed by atoms with Crippen molar-refractivity contribution in [3.8, 4) is 21.2 Å². The van der Waals surface area contributed by atoms with Crippen LogP contribution in [0.2, 0.25) is 5.02 Å². The summed E-state index contributed by atoms with van der Waals surface area (Å²) in [6.45, 7) is 18.3. The van der Waals surface area contributed by atoms with Gasteiger partial charge in [0, 0.05) is 46.5 Å². The Morgan fingerprint density at radius 1 is 0.903 bits per heavy atom. The molecule has 72 heavy (non-hydrogen) atoms. The van der Waals surface area contributed by atoms with Crippen LogP contribution in [0, 0.1) is 39.0 Å². The smallest absolute Gasteiger partial charge is 0.246 e. The van der Waals surface area contributed by atoms with Crippen molar-refractivity contribution in [1.29, 1.82) is 0 Å². The second kappa shape index (κ2) is 20.7. The van der Waals surface area contributed by atoms with Crippen LogP contribution in [0.4, 0.5) is 0 Å². The molecule has 14 nitrogen and oxygen atoms in total. The number of amides is 4. The average molecular weight is 1030 g/mol. The molecular formula is C55H62ClN9O5S2. The van der Waals surface area contributed by atoms with Gasteiger partial charge in [0.25, 0.3) is 0 Å². The molecule has 3 N–H and O–H groups in total. The van der Waals surface area contributed by atoms with Crippen LogP contribution >= 0.6 is 34.3 Å². The zero-order valence-corrected chi connectivity index (χ0v) is 44.6. The van der Waals surface area contributed by atoms with Crippen molar-refractivity contribution in [2.24, 2.45) is 16.3 Å². The van der Waals surface area contributed by atoms with Crippen molar-refractivity contribution in [1.82, 2.24) is 40.6 Å². The average Bonchev–Trinajstić information content (AvgIpc) is 4.09. The van der Waals surface area contributed by atoms with Gasteiger partial charge in [-0.1, -0.05) is 87.8 Å². The molecule has 3 aromatic carbocycles. The van der Waals surface area contributed by atoms with Gasteiger partial charge in [0.15, 0.2) is 5.82 Å². The largest absolute Gasteiger partial charge is 0.490 e. The fraction of sp³-hybridized carbons (Fsp3) is 0.418. The number of hydrogen-bond acceptors (Lipinski definition) is 11. The summed E-state index contributed by atoms with van der Waals surface area (Å²) >= 11 is 9.55. The highest BCUT2D eigenvalue weighted by Crippen LogP contribution is 2.40. The first-order valence-electron chi connectivity index (χ1n) is 24.6. The highest BCUT2D eigenvalue weighted by Gasteiger charge is 2.44. The maximum absolute atomic E-state index is 14.4. The molecule has 1 saturated heterocycles. The van der Waals surface area contributed by atoms with Crippen molar-refractivity contribution < 1.29 is 23.9 Å². The normalized spacial score (nSPS) is 20.3. The lowest BCUT2D eigenvalue weighted by molar-refractivity contribution is -0.144. The zero-order valence-electron chi connectivity index (χ0n) is 42.2. The number of thiazole rings is 1. The highest BCUT2D eigenvalue weighted by atomic mass is 35.5. The third-order valence-corrected chi connectivity index (χ3v) is 16.5. The molecule has 17 heteroatoms. The van der Waals surface area contributed by atoms with E-state index in [0.29, 0.717) is 42.4 Å². The first-order valence-corrected chi connectivity index (χ1v) is 26.7. The van der Waals surface area contributed by atoms with E-state index in [9.17, 15) is 19.2 Å². The molecule has 9 rings (SSSR count). The molecule has 1 saturated carbocycles. The fourth-order valence-corrected chi connectivity index (χ4v) is 12.1. The maximum atomic E-state index is 14.4. The van der Waals surface area contributed by atoms with Gasteiger partial charge >= 0.3 is 0 Å². The Morgan fingerprint density at radius 3 is 2.32 bits per heavy atom. The van der Waals surface area contributed by atoms with E-state index in [1.165, 1.54) is 4.88 Å². The summed E-state index contributed by atoms with van der Waals surface area (Å²) in [6.07, 6.45) is 1.76. The lowest BCUT2D eigenvalue weighted by atomic mass is 9.85. The van der Waals surface area contributed by atoms with E-state index in [2.05, 4.69) is 45.0 Å². The summed E-state index contributed by atoms with van der Waals surface area (Å²) in [5.74, 6) is 1.15. The first-order chi connectivity index (χ1) is 34.3. The van der Waals surface area contributed by atoms with Crippen molar-refractivity contribution in [2.75, 3.05) is 6.54 Å². The topological polar surface area (TPSA) is 173 Å². The van der Waals surface area contributed by atoms with E-state index < -0.39 is 23.5 Å². The number of nitrogens with zero attached hydrogens (tertiary/aromatic N) is 6. The van der Waals surface area contributed by atoms with Crippen LogP contribution in [0.5, 0.6) is 5.75 Å². The maximum Gasteiger partial charge on any atom is 0.246 e. The first kappa shape index (κ1) is 50.7. The van der Waals surface area contributed by atoms with Gasteiger partial charge in [-0.25, -0.2) is 4.98 Å². The number of aliphatic imine (C=N–C) groups is 1. The fourth-order valence-electron chi connectivity index (χ4n) is 9.94. The third kappa shape index (κ3) is 10.8. The van der Waals surface area contributed by atoms with Crippen molar-refractivity contribution in [2.45, 2.75) is 131 Å². The number of benzene rings is 3. The number of carbonyl (C=O) groups is 4. The Kier molecular flexibility index (Phi) is 14.6. The summed E-state index contributed by atoms with van der Waals surface area (Å²) in [4.78, 5) is 69.4. The van der Waals surface area contributed by atoms with Crippen molar-refractivity contribution in [3.63, 3.8) is 0 Å². The molecule has 376 valence electrons. The molecule has 2 fully saturated rings. The van der Waals surface area contributed by atoms with Crippen molar-refractivity contribution in [3.05, 3.63) is 133 Å². The van der Waals surface area contributed by atoms with Crippen LogP contribution in [-0.4, -0.2) is 84.8 Å². The number of thiophene rings is 1. The van der Waals surface area contributed by atoms with Crippen LogP contribution < -0.4 is 20.7 Å². The molecule has 3 aromatic heterocycles. The van der Waals surface area contributed by atoms with Crippen LogP contribution in [0.15, 0.2) is 83.3 Å². The van der Waals surface area contributed by atoms with Gasteiger partial charge in [-0.05, 0) is 98.9 Å². The molecule has 5 heterocycles. The lowest BCUT2D eigenvalue weighted by Gasteiger charge is -2.36. The standard InChI is InChI=1S/C55H62ClN9O5S2/c1-29-21-44(52(68)58-31(3)36-13-15-38(16-14-36)49-32(4)57-28-71-49)64(27-29)53(69)50(55(7,8)9)61-45(66)23-35-11-10-12-41(22-35)70-42-24-40(25-42)59-46(67)26-43-51-63-62-34(6)65(51)54-47(30(2)33(5)72-54)48(60-43)37-17-19-39(56)20-18-37/h10-20,22,28-29,31,40,42-44,50H,21,23-27H2,1-9H3,(H,58,68)(H,59,67)(H,61,66)/t29-,31+,40-,42+,43+,44?,50-/m1/s1. The molecule has 4 amide bonds. The number of aryl methyl sites for hydroxylation is 3. The Hall–Kier alpha value is -6.23. The van der Waals surface area contributed by atoms with Gasteiger partial charge in [0.05, 0.1) is 40.7 Å². The molecule has 0 radical (unpaired) electrons. The van der Waals surface area contributed by atoms with Gasteiger partial charge in [-0.3, -0.25) is 28.7 Å². The van der Waals surface area contributed by atoms with Gasteiger partial charge in [-0.15, -0.1) is 32.9 Å². The SMILES string of the molecule is Cc1ncsc1-c1ccc([C@H](C)NC(=O)C2C[C@@H](C)CN2C(=O)[C@@H](NC(=O)Cc2cccc(O[C@H]3C[C@@H](NC(=O)C[C@@H]4N=C(c5ccc(Cl)cc5)c5c(sc(C)c5C)-n5c(C)nnc54)C3)c2)C(C)(C)C)cc1. The molecule has 1 unspecified atom stereocenters. The highest BCUT2D eigenvalue weighted by molar-refractivity contribution is 7.15. The predicted molar refractivity (Wildman–Crippen MR) is 283 cm³/mol. The van der Waals surface area contributed by atoms with E-state index in [4.69, 9.17) is 21.3 Å². The summed E-state index contributed by atoms with van der Waals surface area (Å²) < 4.78 is 8.39. The van der Waals surface area contributed by atoms with Gasteiger partial charge in [-0.2, -0.15) is 0 Å².